The molecule has 0 aliphatic rings. The van der Waals surface area contributed by atoms with Crippen LogP contribution in [0.3, 0.4) is 0 Å². The fourth-order valence-corrected chi connectivity index (χ4v) is 1.45. The molecule has 0 amide bonds. The summed E-state index contributed by atoms with van der Waals surface area (Å²) in [6.45, 7) is 4.04. The van der Waals surface area contributed by atoms with Gasteiger partial charge in [0, 0.05) is 24.4 Å². The molecule has 2 nitrogen and oxygen atoms in total. The molecular formula is C12H17NO. The number of hydrogen-bond acceptors (Lipinski definition) is 2. The van der Waals surface area contributed by atoms with Crippen molar-refractivity contribution in [1.29, 1.82) is 0 Å². The van der Waals surface area contributed by atoms with Gasteiger partial charge in [0.1, 0.15) is 0 Å². The fraction of sp³-hybridized carbons (Fsp3) is 0.500. The lowest BCUT2D eigenvalue weighted by molar-refractivity contribution is 0.0987. The summed E-state index contributed by atoms with van der Waals surface area (Å²) in [5.74, 6) is 0.198. The molecule has 1 aromatic heterocycles. The molecule has 0 radical (unpaired) electrons. The molecule has 0 aromatic carbocycles. The van der Waals surface area contributed by atoms with Crippen molar-refractivity contribution in [1.82, 2.24) is 4.98 Å². The average Bonchev–Trinajstić information content (AvgIpc) is 2.25. The van der Waals surface area contributed by atoms with E-state index in [1.165, 1.54) is 0 Å². The monoisotopic (exact) mass is 191 g/mol. The van der Waals surface area contributed by atoms with Gasteiger partial charge in [-0.25, -0.2) is 0 Å². The molecule has 1 aromatic rings. The summed E-state index contributed by atoms with van der Waals surface area (Å²) in [5.41, 5.74) is 1.96. The van der Waals surface area contributed by atoms with E-state index >= 15 is 0 Å². The first-order chi connectivity index (χ1) is 6.79. The van der Waals surface area contributed by atoms with Crippen LogP contribution in [-0.2, 0) is 6.42 Å². The van der Waals surface area contributed by atoms with Crippen LogP contribution in [0.25, 0.3) is 0 Å². The Hall–Kier alpha value is -1.18. The number of aryl methyl sites for hydroxylation is 1. The van der Waals surface area contributed by atoms with Crippen LogP contribution < -0.4 is 0 Å². The fourth-order valence-electron chi connectivity index (χ4n) is 1.45. The van der Waals surface area contributed by atoms with Gasteiger partial charge < -0.3 is 0 Å². The van der Waals surface area contributed by atoms with Gasteiger partial charge in [0.2, 0.25) is 0 Å². The Bertz CT molecular complexity index is 307. The molecule has 0 aliphatic carbocycles. The quantitative estimate of drug-likeness (QED) is 0.670. The van der Waals surface area contributed by atoms with Gasteiger partial charge in [-0.15, -0.1) is 0 Å². The molecule has 0 atom stereocenters. The Labute approximate surface area is 85.4 Å². The standard InChI is InChI=1S/C12H17NO/c1-3-5-6-10-7-8-13-9-11(10)12(14)4-2/h7-9H,3-6H2,1-2H3. The molecule has 0 spiro atoms. The van der Waals surface area contributed by atoms with E-state index in [2.05, 4.69) is 11.9 Å². The smallest absolute Gasteiger partial charge is 0.164 e. The summed E-state index contributed by atoms with van der Waals surface area (Å²) < 4.78 is 0. The van der Waals surface area contributed by atoms with Crippen LogP contribution in [-0.4, -0.2) is 10.8 Å². The van der Waals surface area contributed by atoms with Crippen molar-refractivity contribution in [2.24, 2.45) is 0 Å². The average molecular weight is 191 g/mol. The van der Waals surface area contributed by atoms with Gasteiger partial charge in [-0.3, -0.25) is 9.78 Å². The number of pyridine rings is 1. The zero-order valence-electron chi connectivity index (χ0n) is 8.92. The number of carbonyl (C=O) groups is 1. The molecule has 1 rings (SSSR count). The van der Waals surface area contributed by atoms with Crippen LogP contribution in [0.5, 0.6) is 0 Å². The minimum atomic E-state index is 0.198. The summed E-state index contributed by atoms with van der Waals surface area (Å²) >= 11 is 0. The first-order valence-corrected chi connectivity index (χ1v) is 5.25. The highest BCUT2D eigenvalue weighted by molar-refractivity contribution is 5.96. The predicted molar refractivity (Wildman–Crippen MR) is 57.5 cm³/mol. The Kier molecular flexibility index (Phi) is 4.30. The van der Waals surface area contributed by atoms with Gasteiger partial charge in [0.25, 0.3) is 0 Å². The van der Waals surface area contributed by atoms with Crippen LogP contribution in [0, 0.1) is 0 Å². The lowest BCUT2D eigenvalue weighted by atomic mass is 10.0. The normalized spacial score (nSPS) is 10.1. The van der Waals surface area contributed by atoms with E-state index in [1.54, 1.807) is 12.4 Å². The van der Waals surface area contributed by atoms with Crippen molar-refractivity contribution in [3.05, 3.63) is 29.6 Å². The number of hydrogen-bond donors (Lipinski definition) is 0. The third kappa shape index (κ3) is 2.66. The SMILES string of the molecule is CCCCc1ccncc1C(=O)CC. The van der Waals surface area contributed by atoms with Crippen molar-refractivity contribution in [3.8, 4) is 0 Å². The number of ketones is 1. The zero-order chi connectivity index (χ0) is 10.4. The predicted octanol–water partition coefficient (Wildman–Crippen LogP) is 3.02. The van der Waals surface area contributed by atoms with Crippen LogP contribution in [0.2, 0.25) is 0 Å². The van der Waals surface area contributed by atoms with Crippen LogP contribution in [0.15, 0.2) is 18.5 Å². The highest BCUT2D eigenvalue weighted by Gasteiger charge is 2.08. The number of Topliss-reactive ketones (excluding diaryl/α,β-unsaturated/α-hetero) is 1. The number of nitrogens with zero attached hydrogens (tertiary/aromatic N) is 1. The molecule has 0 saturated carbocycles. The lowest BCUT2D eigenvalue weighted by Gasteiger charge is -2.05. The molecule has 0 N–H and O–H groups in total. The van der Waals surface area contributed by atoms with Gasteiger partial charge in [0.15, 0.2) is 5.78 Å². The van der Waals surface area contributed by atoms with Gasteiger partial charge >= 0.3 is 0 Å². The highest BCUT2D eigenvalue weighted by Crippen LogP contribution is 2.12. The zero-order valence-corrected chi connectivity index (χ0v) is 8.92. The molecule has 0 bridgehead atoms. The molecule has 14 heavy (non-hydrogen) atoms. The molecule has 76 valence electrons. The van der Waals surface area contributed by atoms with Crippen molar-refractivity contribution in [2.45, 2.75) is 39.5 Å². The van der Waals surface area contributed by atoms with Crippen LogP contribution in [0.1, 0.15) is 49.0 Å². The van der Waals surface area contributed by atoms with E-state index in [0.29, 0.717) is 6.42 Å². The van der Waals surface area contributed by atoms with Crippen molar-refractivity contribution in [2.75, 3.05) is 0 Å². The lowest BCUT2D eigenvalue weighted by Crippen LogP contribution is -2.03. The Balaban J connectivity index is 2.85. The minimum absolute atomic E-state index is 0.198. The summed E-state index contributed by atoms with van der Waals surface area (Å²) in [4.78, 5) is 15.6. The van der Waals surface area contributed by atoms with E-state index < -0.39 is 0 Å². The first kappa shape index (κ1) is 10.9. The Morgan fingerprint density at radius 2 is 2.21 bits per heavy atom. The number of rotatable bonds is 5. The number of aromatic nitrogens is 1. The van der Waals surface area contributed by atoms with E-state index in [1.807, 2.05) is 13.0 Å². The van der Waals surface area contributed by atoms with Gasteiger partial charge in [-0.2, -0.15) is 0 Å². The molecular weight excluding hydrogens is 174 g/mol. The maximum Gasteiger partial charge on any atom is 0.164 e. The topological polar surface area (TPSA) is 30.0 Å². The molecule has 1 heterocycles. The van der Waals surface area contributed by atoms with E-state index in [9.17, 15) is 4.79 Å². The molecule has 0 fully saturated rings. The summed E-state index contributed by atoms with van der Waals surface area (Å²) in [7, 11) is 0. The number of unbranched alkanes of at least 4 members (excludes halogenated alkanes) is 1. The highest BCUT2D eigenvalue weighted by atomic mass is 16.1. The van der Waals surface area contributed by atoms with E-state index in [4.69, 9.17) is 0 Å². The second-order valence-corrected chi connectivity index (χ2v) is 3.41. The van der Waals surface area contributed by atoms with Crippen molar-refractivity contribution >= 4 is 5.78 Å². The summed E-state index contributed by atoms with van der Waals surface area (Å²) in [6.07, 6.45) is 7.29. The largest absolute Gasteiger partial charge is 0.294 e. The van der Waals surface area contributed by atoms with Crippen LogP contribution in [0.4, 0.5) is 0 Å². The van der Waals surface area contributed by atoms with Gasteiger partial charge in [-0.05, 0) is 24.5 Å². The third-order valence-electron chi connectivity index (χ3n) is 2.33. The maximum atomic E-state index is 11.6. The Morgan fingerprint density at radius 3 is 2.86 bits per heavy atom. The number of carbonyl (C=O) groups excluding carboxylic acids is 1. The van der Waals surface area contributed by atoms with E-state index in [-0.39, 0.29) is 5.78 Å². The Morgan fingerprint density at radius 1 is 1.43 bits per heavy atom. The first-order valence-electron chi connectivity index (χ1n) is 5.25. The molecule has 0 aliphatic heterocycles. The summed E-state index contributed by atoms with van der Waals surface area (Å²) in [6, 6.07) is 1.96. The maximum absolute atomic E-state index is 11.6. The molecule has 0 unspecified atom stereocenters. The second kappa shape index (κ2) is 5.53. The second-order valence-electron chi connectivity index (χ2n) is 3.41. The van der Waals surface area contributed by atoms with Crippen molar-refractivity contribution < 1.29 is 4.79 Å². The minimum Gasteiger partial charge on any atom is -0.294 e. The van der Waals surface area contributed by atoms with E-state index in [0.717, 1.165) is 30.4 Å². The molecule has 0 saturated heterocycles. The van der Waals surface area contributed by atoms with Gasteiger partial charge in [0.05, 0.1) is 0 Å². The van der Waals surface area contributed by atoms with Crippen LogP contribution >= 0.6 is 0 Å². The summed E-state index contributed by atoms with van der Waals surface area (Å²) in [5, 5.41) is 0. The van der Waals surface area contributed by atoms with Crippen molar-refractivity contribution in [3.63, 3.8) is 0 Å². The third-order valence-corrected chi connectivity index (χ3v) is 2.33. The van der Waals surface area contributed by atoms with Gasteiger partial charge in [-0.1, -0.05) is 20.3 Å². The molecule has 2 heteroatoms.